The molecule has 0 bridgehead atoms. The molecule has 0 aliphatic heterocycles. The number of para-hydroxylation sites is 1. The van der Waals surface area contributed by atoms with Crippen LogP contribution in [0, 0.1) is 0 Å². The number of hydrogen-bond donors (Lipinski definition) is 1. The number of hydrogen-bond acceptors (Lipinski definition) is 4. The van der Waals surface area contributed by atoms with Crippen molar-refractivity contribution >= 4 is 17.5 Å². The van der Waals surface area contributed by atoms with Crippen LogP contribution in [0.5, 0.6) is 0 Å². The molecular formula is C15H18N4O. The van der Waals surface area contributed by atoms with Crippen LogP contribution in [-0.4, -0.2) is 29.5 Å². The maximum atomic E-state index is 11.9. The van der Waals surface area contributed by atoms with Gasteiger partial charge in [0.1, 0.15) is 5.69 Å². The molecule has 0 saturated carbocycles. The van der Waals surface area contributed by atoms with Gasteiger partial charge in [-0.3, -0.25) is 4.79 Å². The molecule has 1 amide bonds. The van der Waals surface area contributed by atoms with E-state index >= 15 is 0 Å². The van der Waals surface area contributed by atoms with Crippen molar-refractivity contribution < 1.29 is 4.79 Å². The molecule has 5 heteroatoms. The second-order valence-electron chi connectivity index (χ2n) is 4.39. The normalized spacial score (nSPS) is 10.1. The summed E-state index contributed by atoms with van der Waals surface area (Å²) in [5.41, 5.74) is 1.35. The van der Waals surface area contributed by atoms with Crippen LogP contribution in [0.4, 0.5) is 11.6 Å². The van der Waals surface area contributed by atoms with Crippen molar-refractivity contribution in [3.8, 4) is 0 Å². The first-order chi connectivity index (χ1) is 9.72. The van der Waals surface area contributed by atoms with E-state index in [0.717, 1.165) is 12.1 Å². The Morgan fingerprint density at radius 3 is 2.70 bits per heavy atom. The standard InChI is InChI=1S/C15H18N4O/c1-3-10-16-14(20)13-9-11-17-15(18-13)19(2)12-7-5-4-6-8-12/h4-9,11H,3,10H2,1-2H3,(H,16,20). The van der Waals surface area contributed by atoms with Crippen LogP contribution in [0.15, 0.2) is 42.6 Å². The molecule has 1 aromatic carbocycles. The van der Waals surface area contributed by atoms with E-state index in [1.54, 1.807) is 12.3 Å². The number of nitrogens with zero attached hydrogens (tertiary/aromatic N) is 3. The number of aromatic nitrogens is 2. The van der Waals surface area contributed by atoms with Gasteiger partial charge in [0.15, 0.2) is 0 Å². The molecule has 0 aliphatic carbocycles. The summed E-state index contributed by atoms with van der Waals surface area (Å²) in [7, 11) is 1.87. The van der Waals surface area contributed by atoms with Crippen molar-refractivity contribution in [1.29, 1.82) is 0 Å². The third-order valence-corrected chi connectivity index (χ3v) is 2.85. The number of anilines is 2. The van der Waals surface area contributed by atoms with Gasteiger partial charge in [-0.05, 0) is 24.6 Å². The van der Waals surface area contributed by atoms with Crippen molar-refractivity contribution in [2.45, 2.75) is 13.3 Å². The van der Waals surface area contributed by atoms with Gasteiger partial charge in [-0.15, -0.1) is 0 Å². The van der Waals surface area contributed by atoms with E-state index in [1.807, 2.05) is 49.2 Å². The highest BCUT2D eigenvalue weighted by molar-refractivity contribution is 5.92. The second-order valence-corrected chi connectivity index (χ2v) is 4.39. The van der Waals surface area contributed by atoms with Crippen molar-refractivity contribution in [2.24, 2.45) is 0 Å². The van der Waals surface area contributed by atoms with Gasteiger partial charge in [0.2, 0.25) is 5.95 Å². The third kappa shape index (κ3) is 3.32. The summed E-state index contributed by atoms with van der Waals surface area (Å²) in [5, 5.41) is 2.81. The van der Waals surface area contributed by atoms with E-state index in [-0.39, 0.29) is 5.91 Å². The lowest BCUT2D eigenvalue weighted by Gasteiger charge is -2.17. The molecule has 1 aromatic heterocycles. The molecule has 2 rings (SSSR count). The molecule has 0 radical (unpaired) electrons. The average molecular weight is 270 g/mol. The first-order valence-electron chi connectivity index (χ1n) is 6.62. The number of amides is 1. The lowest BCUT2D eigenvalue weighted by molar-refractivity contribution is 0.0948. The van der Waals surface area contributed by atoms with Crippen LogP contribution < -0.4 is 10.2 Å². The largest absolute Gasteiger partial charge is 0.351 e. The number of nitrogens with one attached hydrogen (secondary N) is 1. The molecule has 1 heterocycles. The number of benzene rings is 1. The molecule has 5 nitrogen and oxygen atoms in total. The highest BCUT2D eigenvalue weighted by Crippen LogP contribution is 2.18. The van der Waals surface area contributed by atoms with Crippen LogP contribution in [0.25, 0.3) is 0 Å². The minimum Gasteiger partial charge on any atom is -0.351 e. The molecule has 0 spiro atoms. The topological polar surface area (TPSA) is 58.1 Å². The molecule has 0 unspecified atom stereocenters. The Bertz CT molecular complexity index is 571. The smallest absolute Gasteiger partial charge is 0.270 e. The van der Waals surface area contributed by atoms with Crippen LogP contribution in [0.1, 0.15) is 23.8 Å². The van der Waals surface area contributed by atoms with Gasteiger partial charge in [-0.1, -0.05) is 25.1 Å². The Labute approximate surface area is 118 Å². The Kier molecular flexibility index (Phi) is 4.65. The van der Waals surface area contributed by atoms with E-state index in [0.29, 0.717) is 18.2 Å². The zero-order valence-corrected chi connectivity index (χ0v) is 11.7. The molecule has 0 fully saturated rings. The molecule has 1 N–H and O–H groups in total. The number of carbonyl (C=O) groups excluding carboxylic acids is 1. The SMILES string of the molecule is CCCNC(=O)c1ccnc(N(C)c2ccccc2)n1. The van der Waals surface area contributed by atoms with E-state index in [9.17, 15) is 4.79 Å². The zero-order valence-electron chi connectivity index (χ0n) is 11.7. The van der Waals surface area contributed by atoms with Crippen molar-refractivity contribution in [2.75, 3.05) is 18.5 Å². The third-order valence-electron chi connectivity index (χ3n) is 2.85. The van der Waals surface area contributed by atoms with Gasteiger partial charge in [0, 0.05) is 25.5 Å². The fraction of sp³-hybridized carbons (Fsp3) is 0.267. The Hall–Kier alpha value is -2.43. The lowest BCUT2D eigenvalue weighted by Crippen LogP contribution is -2.26. The first-order valence-corrected chi connectivity index (χ1v) is 6.62. The highest BCUT2D eigenvalue weighted by atomic mass is 16.1. The maximum Gasteiger partial charge on any atom is 0.270 e. The molecule has 0 aliphatic rings. The summed E-state index contributed by atoms with van der Waals surface area (Å²) in [6.45, 7) is 2.65. The van der Waals surface area contributed by atoms with E-state index in [2.05, 4.69) is 15.3 Å². The van der Waals surface area contributed by atoms with Gasteiger partial charge >= 0.3 is 0 Å². The van der Waals surface area contributed by atoms with Crippen LogP contribution in [0.2, 0.25) is 0 Å². The Morgan fingerprint density at radius 1 is 1.25 bits per heavy atom. The fourth-order valence-electron chi connectivity index (χ4n) is 1.73. The van der Waals surface area contributed by atoms with E-state index < -0.39 is 0 Å². The highest BCUT2D eigenvalue weighted by Gasteiger charge is 2.11. The van der Waals surface area contributed by atoms with Gasteiger partial charge in [-0.2, -0.15) is 0 Å². The monoisotopic (exact) mass is 270 g/mol. The summed E-state index contributed by atoms with van der Waals surface area (Å²) in [4.78, 5) is 22.3. The van der Waals surface area contributed by atoms with Crippen molar-refractivity contribution in [3.63, 3.8) is 0 Å². The second kappa shape index (κ2) is 6.65. The van der Waals surface area contributed by atoms with Gasteiger partial charge < -0.3 is 10.2 Å². The molecule has 2 aromatic rings. The van der Waals surface area contributed by atoms with Crippen LogP contribution in [-0.2, 0) is 0 Å². The summed E-state index contributed by atoms with van der Waals surface area (Å²) >= 11 is 0. The van der Waals surface area contributed by atoms with Crippen LogP contribution >= 0.6 is 0 Å². The lowest BCUT2D eigenvalue weighted by atomic mass is 10.3. The van der Waals surface area contributed by atoms with Crippen LogP contribution in [0.3, 0.4) is 0 Å². The van der Waals surface area contributed by atoms with E-state index in [4.69, 9.17) is 0 Å². The molecule has 20 heavy (non-hydrogen) atoms. The molecule has 104 valence electrons. The minimum atomic E-state index is -0.169. The predicted octanol–water partition coefficient (Wildman–Crippen LogP) is 2.38. The van der Waals surface area contributed by atoms with E-state index in [1.165, 1.54) is 0 Å². The summed E-state index contributed by atoms with van der Waals surface area (Å²) < 4.78 is 0. The number of rotatable bonds is 5. The number of carbonyl (C=O) groups is 1. The summed E-state index contributed by atoms with van der Waals surface area (Å²) in [5.74, 6) is 0.331. The average Bonchev–Trinajstić information content (AvgIpc) is 2.52. The van der Waals surface area contributed by atoms with Gasteiger partial charge in [0.05, 0.1) is 0 Å². The molecule has 0 atom stereocenters. The molecular weight excluding hydrogens is 252 g/mol. The fourth-order valence-corrected chi connectivity index (χ4v) is 1.73. The van der Waals surface area contributed by atoms with Crippen molar-refractivity contribution in [3.05, 3.63) is 48.3 Å². The molecule has 0 saturated heterocycles. The quantitative estimate of drug-likeness (QED) is 0.906. The Morgan fingerprint density at radius 2 is 2.00 bits per heavy atom. The van der Waals surface area contributed by atoms with Crippen molar-refractivity contribution in [1.82, 2.24) is 15.3 Å². The van der Waals surface area contributed by atoms with Gasteiger partial charge in [-0.25, -0.2) is 9.97 Å². The predicted molar refractivity (Wildman–Crippen MR) is 79.2 cm³/mol. The zero-order chi connectivity index (χ0) is 14.4. The summed E-state index contributed by atoms with van der Waals surface area (Å²) in [6, 6.07) is 11.4. The summed E-state index contributed by atoms with van der Waals surface area (Å²) in [6.07, 6.45) is 2.50. The maximum absolute atomic E-state index is 11.9. The Balaban J connectivity index is 2.19. The minimum absolute atomic E-state index is 0.169. The van der Waals surface area contributed by atoms with Gasteiger partial charge in [0.25, 0.3) is 5.91 Å². The first kappa shape index (κ1) is 14.0.